The molecular formula is C21H31NO3. The van der Waals surface area contributed by atoms with Crippen molar-refractivity contribution in [1.29, 1.82) is 0 Å². The van der Waals surface area contributed by atoms with Crippen LogP contribution < -0.4 is 5.32 Å². The molecule has 138 valence electrons. The fourth-order valence-corrected chi connectivity index (χ4v) is 3.84. The Labute approximate surface area is 151 Å². The third-order valence-corrected chi connectivity index (χ3v) is 5.41. The van der Waals surface area contributed by atoms with Crippen molar-refractivity contribution in [2.24, 2.45) is 11.8 Å². The molecule has 2 N–H and O–H groups in total. The first kappa shape index (κ1) is 19.5. The van der Waals surface area contributed by atoms with E-state index < -0.39 is 12.0 Å². The molecule has 1 fully saturated rings. The quantitative estimate of drug-likeness (QED) is 0.759. The Morgan fingerprint density at radius 3 is 2.20 bits per heavy atom. The van der Waals surface area contributed by atoms with Crippen molar-refractivity contribution in [3.63, 3.8) is 0 Å². The van der Waals surface area contributed by atoms with Gasteiger partial charge in [-0.15, -0.1) is 0 Å². The molecule has 25 heavy (non-hydrogen) atoms. The highest BCUT2D eigenvalue weighted by molar-refractivity contribution is 5.96. The standard InChI is InChI=1S/C21H31NO3/c1-4-5-15-6-8-16(9-7-15)17-10-12-18(13-11-17)20(23)22-19(14(2)3)21(24)25/h10-16,19H,4-9H2,1-3H3,(H,22,23)(H,24,25). The van der Waals surface area contributed by atoms with Gasteiger partial charge in [-0.3, -0.25) is 4.79 Å². The minimum atomic E-state index is -0.996. The topological polar surface area (TPSA) is 66.4 Å². The fraction of sp³-hybridized carbons (Fsp3) is 0.619. The molecule has 1 amide bonds. The first-order valence-electron chi connectivity index (χ1n) is 9.56. The molecule has 2 rings (SSSR count). The average molecular weight is 345 g/mol. The lowest BCUT2D eigenvalue weighted by Crippen LogP contribution is -2.44. The Hall–Kier alpha value is -1.84. The molecule has 0 saturated heterocycles. The van der Waals surface area contributed by atoms with Gasteiger partial charge < -0.3 is 10.4 Å². The molecule has 1 saturated carbocycles. The predicted octanol–water partition coefficient (Wildman–Crippen LogP) is 4.60. The van der Waals surface area contributed by atoms with Crippen LogP contribution in [0.2, 0.25) is 0 Å². The van der Waals surface area contributed by atoms with Gasteiger partial charge in [-0.2, -0.15) is 0 Å². The van der Waals surface area contributed by atoms with Crippen LogP contribution in [-0.4, -0.2) is 23.0 Å². The highest BCUT2D eigenvalue weighted by Gasteiger charge is 2.25. The van der Waals surface area contributed by atoms with Crippen molar-refractivity contribution in [1.82, 2.24) is 5.32 Å². The molecule has 0 heterocycles. The minimum Gasteiger partial charge on any atom is -0.480 e. The van der Waals surface area contributed by atoms with Crippen molar-refractivity contribution >= 4 is 11.9 Å². The van der Waals surface area contributed by atoms with Crippen LogP contribution >= 0.6 is 0 Å². The van der Waals surface area contributed by atoms with E-state index in [1.807, 2.05) is 24.3 Å². The molecule has 1 atom stereocenters. The number of carboxylic acid groups (broad SMARTS) is 1. The van der Waals surface area contributed by atoms with Gasteiger partial charge in [0.25, 0.3) is 5.91 Å². The zero-order chi connectivity index (χ0) is 18.4. The molecule has 0 aliphatic heterocycles. The van der Waals surface area contributed by atoms with Crippen LogP contribution in [0.25, 0.3) is 0 Å². The van der Waals surface area contributed by atoms with Gasteiger partial charge in [-0.05, 0) is 61.1 Å². The highest BCUT2D eigenvalue weighted by Crippen LogP contribution is 2.37. The molecule has 1 unspecified atom stereocenters. The molecule has 4 nitrogen and oxygen atoms in total. The summed E-state index contributed by atoms with van der Waals surface area (Å²) in [5.41, 5.74) is 1.82. The Morgan fingerprint density at radius 2 is 1.72 bits per heavy atom. The summed E-state index contributed by atoms with van der Waals surface area (Å²) in [4.78, 5) is 23.5. The molecular weight excluding hydrogens is 314 g/mol. The maximum atomic E-state index is 12.3. The monoisotopic (exact) mass is 345 g/mol. The van der Waals surface area contributed by atoms with Gasteiger partial charge >= 0.3 is 5.97 Å². The van der Waals surface area contributed by atoms with E-state index in [1.54, 1.807) is 13.8 Å². The summed E-state index contributed by atoms with van der Waals surface area (Å²) in [6.07, 6.45) is 7.67. The molecule has 1 aliphatic carbocycles. The maximum Gasteiger partial charge on any atom is 0.326 e. The molecule has 0 aromatic heterocycles. The van der Waals surface area contributed by atoms with Crippen molar-refractivity contribution in [2.75, 3.05) is 0 Å². The summed E-state index contributed by atoms with van der Waals surface area (Å²) in [6, 6.07) is 6.85. The van der Waals surface area contributed by atoms with Crippen LogP contribution in [0.15, 0.2) is 24.3 Å². The van der Waals surface area contributed by atoms with E-state index in [9.17, 15) is 14.7 Å². The van der Waals surface area contributed by atoms with E-state index in [1.165, 1.54) is 44.1 Å². The smallest absolute Gasteiger partial charge is 0.326 e. The van der Waals surface area contributed by atoms with Crippen LogP contribution in [0.1, 0.15) is 81.1 Å². The number of aliphatic carboxylic acids is 1. The molecule has 1 aromatic rings. The van der Waals surface area contributed by atoms with E-state index in [-0.39, 0.29) is 11.8 Å². The van der Waals surface area contributed by atoms with Crippen LogP contribution in [0.3, 0.4) is 0 Å². The third-order valence-electron chi connectivity index (χ3n) is 5.41. The number of carbonyl (C=O) groups excluding carboxylic acids is 1. The van der Waals surface area contributed by atoms with E-state index in [4.69, 9.17) is 0 Å². The first-order chi connectivity index (χ1) is 11.9. The van der Waals surface area contributed by atoms with Gasteiger partial charge in [0.2, 0.25) is 0 Å². The fourth-order valence-electron chi connectivity index (χ4n) is 3.84. The Balaban J connectivity index is 1.95. The second kappa shape index (κ2) is 9.02. The van der Waals surface area contributed by atoms with Gasteiger partial charge in [0.05, 0.1) is 0 Å². The Morgan fingerprint density at radius 1 is 1.12 bits per heavy atom. The van der Waals surface area contributed by atoms with Crippen molar-refractivity contribution in [3.05, 3.63) is 35.4 Å². The van der Waals surface area contributed by atoms with Crippen LogP contribution in [0, 0.1) is 11.8 Å². The van der Waals surface area contributed by atoms with Crippen molar-refractivity contribution in [2.45, 2.75) is 71.3 Å². The average Bonchev–Trinajstić information content (AvgIpc) is 2.60. The Kier molecular flexibility index (Phi) is 7.03. The minimum absolute atomic E-state index is 0.154. The summed E-state index contributed by atoms with van der Waals surface area (Å²) >= 11 is 0. The van der Waals surface area contributed by atoms with Gasteiger partial charge in [-0.1, -0.05) is 45.7 Å². The first-order valence-corrected chi connectivity index (χ1v) is 9.56. The molecule has 0 spiro atoms. The number of amides is 1. The van der Waals surface area contributed by atoms with E-state index in [0.717, 1.165) is 5.92 Å². The number of nitrogens with one attached hydrogen (secondary N) is 1. The van der Waals surface area contributed by atoms with Gasteiger partial charge in [0, 0.05) is 5.56 Å². The summed E-state index contributed by atoms with van der Waals surface area (Å²) in [6.45, 7) is 5.83. The van der Waals surface area contributed by atoms with E-state index in [0.29, 0.717) is 11.5 Å². The molecule has 4 heteroatoms. The largest absolute Gasteiger partial charge is 0.480 e. The Bertz CT molecular complexity index is 571. The number of carboxylic acids is 1. The summed E-state index contributed by atoms with van der Waals surface area (Å²) in [5.74, 6) is 0.00470. The normalized spacial score (nSPS) is 21.8. The number of hydrogen-bond acceptors (Lipinski definition) is 2. The number of benzene rings is 1. The lowest BCUT2D eigenvalue weighted by molar-refractivity contribution is -0.140. The molecule has 0 bridgehead atoms. The van der Waals surface area contributed by atoms with Gasteiger partial charge in [0.15, 0.2) is 0 Å². The summed E-state index contributed by atoms with van der Waals surface area (Å²) in [5, 5.41) is 11.8. The zero-order valence-electron chi connectivity index (χ0n) is 15.6. The summed E-state index contributed by atoms with van der Waals surface area (Å²) in [7, 11) is 0. The zero-order valence-corrected chi connectivity index (χ0v) is 15.6. The van der Waals surface area contributed by atoms with Crippen LogP contribution in [0.5, 0.6) is 0 Å². The second-order valence-corrected chi connectivity index (χ2v) is 7.66. The lowest BCUT2D eigenvalue weighted by Gasteiger charge is -2.28. The van der Waals surface area contributed by atoms with E-state index >= 15 is 0 Å². The summed E-state index contributed by atoms with van der Waals surface area (Å²) < 4.78 is 0. The third kappa shape index (κ3) is 5.32. The maximum absolute atomic E-state index is 12.3. The van der Waals surface area contributed by atoms with Gasteiger partial charge in [-0.25, -0.2) is 4.79 Å². The van der Waals surface area contributed by atoms with Gasteiger partial charge in [0.1, 0.15) is 6.04 Å². The molecule has 1 aliphatic rings. The van der Waals surface area contributed by atoms with Crippen molar-refractivity contribution in [3.8, 4) is 0 Å². The van der Waals surface area contributed by atoms with Crippen LogP contribution in [0.4, 0.5) is 0 Å². The number of carbonyl (C=O) groups is 2. The van der Waals surface area contributed by atoms with Crippen LogP contribution in [-0.2, 0) is 4.79 Å². The second-order valence-electron chi connectivity index (χ2n) is 7.66. The number of rotatable bonds is 7. The van der Waals surface area contributed by atoms with Crippen molar-refractivity contribution < 1.29 is 14.7 Å². The SMILES string of the molecule is CCCC1CCC(c2ccc(C(=O)NC(C(=O)O)C(C)C)cc2)CC1. The highest BCUT2D eigenvalue weighted by atomic mass is 16.4. The number of hydrogen-bond donors (Lipinski definition) is 2. The molecule has 0 radical (unpaired) electrons. The molecule has 1 aromatic carbocycles. The van der Waals surface area contributed by atoms with E-state index in [2.05, 4.69) is 12.2 Å². The predicted molar refractivity (Wildman–Crippen MR) is 99.8 cm³/mol. The lowest BCUT2D eigenvalue weighted by atomic mass is 9.77.